The number of nitrogens with zero attached hydrogens (tertiary/aromatic N) is 1. The first-order valence-corrected chi connectivity index (χ1v) is 6.33. The minimum atomic E-state index is -2.22. The van der Waals surface area contributed by atoms with Crippen molar-refractivity contribution in [2.45, 2.75) is 13.0 Å². The Labute approximate surface area is 127 Å². The Balaban J connectivity index is 1.99. The molecule has 0 aliphatic rings. The van der Waals surface area contributed by atoms with Crippen LogP contribution in [-0.4, -0.2) is 11.3 Å². The van der Waals surface area contributed by atoms with Gasteiger partial charge in [-0.1, -0.05) is 17.3 Å². The Morgan fingerprint density at radius 3 is 1.96 bits per heavy atom. The van der Waals surface area contributed by atoms with Crippen LogP contribution in [0.25, 0.3) is 0 Å². The molecule has 1 N–H and O–H groups in total. The summed E-state index contributed by atoms with van der Waals surface area (Å²) in [6, 6.07) is 6.15. The maximum absolute atomic E-state index is 13.3. The molecule has 0 atom stereocenters. The lowest BCUT2D eigenvalue weighted by molar-refractivity contribution is 0.124. The molecule has 0 bridgehead atoms. The van der Waals surface area contributed by atoms with E-state index in [-0.39, 0.29) is 12.2 Å². The molecule has 2 aromatic carbocycles. The Hall–Kier alpha value is -2.64. The average Bonchev–Trinajstić information content (AvgIpc) is 2.55. The first-order valence-electron chi connectivity index (χ1n) is 6.33. The molecule has 0 saturated carbocycles. The fraction of sp³-hybridized carbons (Fsp3) is 0.133. The van der Waals surface area contributed by atoms with Gasteiger partial charge in [-0.05, 0) is 17.7 Å². The Morgan fingerprint density at radius 1 is 0.870 bits per heavy atom. The highest BCUT2D eigenvalue weighted by Gasteiger charge is 2.25. The highest BCUT2D eigenvalue weighted by atomic mass is 19.2. The van der Waals surface area contributed by atoms with Crippen LogP contribution in [0.4, 0.5) is 22.0 Å². The first-order chi connectivity index (χ1) is 10.9. The third-order valence-corrected chi connectivity index (χ3v) is 2.92. The molecule has 122 valence electrons. The number of aromatic hydroxyl groups is 1. The third kappa shape index (κ3) is 3.77. The summed E-state index contributed by atoms with van der Waals surface area (Å²) < 4.78 is 65.4. The van der Waals surface area contributed by atoms with E-state index in [9.17, 15) is 22.0 Å². The van der Waals surface area contributed by atoms with Crippen molar-refractivity contribution in [2.75, 3.05) is 0 Å². The monoisotopic (exact) mass is 331 g/mol. The number of phenols is 1. The van der Waals surface area contributed by atoms with E-state index in [0.29, 0.717) is 0 Å². The van der Waals surface area contributed by atoms with Gasteiger partial charge in [0, 0.05) is 12.6 Å². The number of halogens is 5. The van der Waals surface area contributed by atoms with Gasteiger partial charge in [-0.15, -0.1) is 0 Å². The van der Waals surface area contributed by atoms with E-state index in [2.05, 4.69) is 9.99 Å². The highest BCUT2D eigenvalue weighted by Crippen LogP contribution is 2.23. The van der Waals surface area contributed by atoms with Crippen LogP contribution in [0.1, 0.15) is 11.1 Å². The van der Waals surface area contributed by atoms with E-state index < -0.39 is 41.3 Å². The van der Waals surface area contributed by atoms with Gasteiger partial charge in [-0.3, -0.25) is 0 Å². The molecule has 8 heteroatoms. The lowest BCUT2D eigenvalue weighted by Gasteiger charge is -2.06. The second-order valence-electron chi connectivity index (χ2n) is 4.48. The largest absolute Gasteiger partial charge is 0.508 e. The summed E-state index contributed by atoms with van der Waals surface area (Å²) in [6.07, 6.45) is 1.54. The lowest BCUT2D eigenvalue weighted by Crippen LogP contribution is -2.07. The predicted molar refractivity (Wildman–Crippen MR) is 71.3 cm³/mol. The number of hydrogen-bond donors (Lipinski definition) is 1. The van der Waals surface area contributed by atoms with Crippen molar-refractivity contribution >= 4 is 6.21 Å². The topological polar surface area (TPSA) is 41.8 Å². The van der Waals surface area contributed by atoms with Crippen molar-refractivity contribution in [2.24, 2.45) is 5.16 Å². The van der Waals surface area contributed by atoms with Crippen molar-refractivity contribution in [1.82, 2.24) is 0 Å². The number of benzene rings is 2. The lowest BCUT2D eigenvalue weighted by atomic mass is 10.2. The summed E-state index contributed by atoms with van der Waals surface area (Å²) in [4.78, 5) is 4.56. The molecule has 0 amide bonds. The third-order valence-electron chi connectivity index (χ3n) is 2.92. The fourth-order valence-electron chi connectivity index (χ4n) is 1.71. The molecule has 3 nitrogen and oxygen atoms in total. The molecule has 0 fully saturated rings. The zero-order chi connectivity index (χ0) is 17.0. The van der Waals surface area contributed by atoms with Crippen molar-refractivity contribution in [3.05, 3.63) is 64.5 Å². The van der Waals surface area contributed by atoms with E-state index >= 15 is 0 Å². The quantitative estimate of drug-likeness (QED) is 0.297. The molecule has 0 saturated heterocycles. The van der Waals surface area contributed by atoms with Crippen LogP contribution >= 0.6 is 0 Å². The maximum atomic E-state index is 13.3. The summed E-state index contributed by atoms with van der Waals surface area (Å²) in [7, 11) is 0. The normalized spacial score (nSPS) is 11.2. The SMILES string of the molecule is Oc1ccc(C/C=N/OCc2c(F)c(F)c(F)c(F)c2F)cc1. The smallest absolute Gasteiger partial charge is 0.200 e. The summed E-state index contributed by atoms with van der Waals surface area (Å²) in [5, 5.41) is 12.5. The Kier molecular flexibility index (Phi) is 5.15. The molecule has 0 aliphatic carbocycles. The van der Waals surface area contributed by atoms with Gasteiger partial charge < -0.3 is 9.94 Å². The number of hydrogen-bond acceptors (Lipinski definition) is 3. The molecule has 0 spiro atoms. The summed E-state index contributed by atoms with van der Waals surface area (Å²) in [5.41, 5.74) is -0.324. The van der Waals surface area contributed by atoms with Crippen LogP contribution in [0.5, 0.6) is 5.75 Å². The zero-order valence-corrected chi connectivity index (χ0v) is 11.5. The predicted octanol–water partition coefficient (Wildman–Crippen LogP) is 3.83. The van der Waals surface area contributed by atoms with Gasteiger partial charge >= 0.3 is 0 Å². The van der Waals surface area contributed by atoms with Crippen LogP contribution in [0.3, 0.4) is 0 Å². The second-order valence-corrected chi connectivity index (χ2v) is 4.48. The van der Waals surface area contributed by atoms with E-state index in [1.165, 1.54) is 18.3 Å². The Morgan fingerprint density at radius 2 is 1.39 bits per heavy atom. The number of phenolic OH excluding ortho intramolecular Hbond substituents is 1. The molecule has 2 rings (SSSR count). The van der Waals surface area contributed by atoms with E-state index in [0.717, 1.165) is 5.56 Å². The molecule has 0 aliphatic heterocycles. The molecule has 2 aromatic rings. The number of oxime groups is 1. The molecular formula is C15H10F5NO2. The van der Waals surface area contributed by atoms with Gasteiger partial charge in [-0.2, -0.15) is 0 Å². The fourth-order valence-corrected chi connectivity index (χ4v) is 1.71. The summed E-state index contributed by atoms with van der Waals surface area (Å²) in [5.74, 6) is -10.1. The molecule has 23 heavy (non-hydrogen) atoms. The highest BCUT2D eigenvalue weighted by molar-refractivity contribution is 5.60. The van der Waals surface area contributed by atoms with Gasteiger partial charge in [0.1, 0.15) is 12.4 Å². The maximum Gasteiger partial charge on any atom is 0.200 e. The van der Waals surface area contributed by atoms with Crippen LogP contribution in [-0.2, 0) is 17.9 Å². The molecule has 0 aromatic heterocycles. The van der Waals surface area contributed by atoms with Crippen LogP contribution < -0.4 is 0 Å². The van der Waals surface area contributed by atoms with Crippen molar-refractivity contribution < 1.29 is 31.9 Å². The molecular weight excluding hydrogens is 321 g/mol. The van der Waals surface area contributed by atoms with Gasteiger partial charge in [-0.25, -0.2) is 22.0 Å². The first kappa shape index (κ1) is 16.7. The molecule has 0 radical (unpaired) electrons. The van der Waals surface area contributed by atoms with Gasteiger partial charge in [0.25, 0.3) is 0 Å². The van der Waals surface area contributed by atoms with Crippen molar-refractivity contribution in [3.63, 3.8) is 0 Å². The summed E-state index contributed by atoms with van der Waals surface area (Å²) in [6.45, 7) is -0.905. The van der Waals surface area contributed by atoms with Crippen LogP contribution in [0.15, 0.2) is 29.4 Å². The minimum absolute atomic E-state index is 0.0910. The number of rotatable bonds is 5. The summed E-state index contributed by atoms with van der Waals surface area (Å²) >= 11 is 0. The van der Waals surface area contributed by atoms with E-state index in [1.807, 2.05) is 0 Å². The Bertz CT molecular complexity index is 703. The molecule has 0 heterocycles. The second kappa shape index (κ2) is 7.08. The average molecular weight is 331 g/mol. The minimum Gasteiger partial charge on any atom is -0.508 e. The van der Waals surface area contributed by atoms with Gasteiger partial charge in [0.2, 0.25) is 5.82 Å². The van der Waals surface area contributed by atoms with Crippen LogP contribution in [0, 0.1) is 29.1 Å². The molecule has 0 unspecified atom stereocenters. The van der Waals surface area contributed by atoms with Crippen LogP contribution in [0.2, 0.25) is 0 Å². The van der Waals surface area contributed by atoms with Gasteiger partial charge in [0.05, 0.1) is 5.56 Å². The van der Waals surface area contributed by atoms with E-state index in [1.54, 1.807) is 12.1 Å². The van der Waals surface area contributed by atoms with Crippen molar-refractivity contribution in [1.29, 1.82) is 0 Å². The zero-order valence-electron chi connectivity index (χ0n) is 11.5. The van der Waals surface area contributed by atoms with E-state index in [4.69, 9.17) is 5.11 Å². The van der Waals surface area contributed by atoms with Crippen molar-refractivity contribution in [3.8, 4) is 5.75 Å². The van der Waals surface area contributed by atoms with Gasteiger partial charge in [0.15, 0.2) is 23.3 Å². The standard InChI is InChI=1S/C15H10F5NO2/c16-11-10(12(17)14(19)15(20)13(11)18)7-23-21-6-5-8-1-3-9(22)4-2-8/h1-4,6,22H,5,7H2/b21-6+.